The fraction of sp³-hybridized carbons (Fsp3) is 0.318. The monoisotopic (exact) mass is 404 g/mol. The van der Waals surface area contributed by atoms with Crippen LogP contribution in [0.5, 0.6) is 0 Å². The standard InChI is InChI=1S/C22H24N6O2/c1-26(19-13-8-14-27(22(19)30)18-11-6-3-7-12-18)21(29)20(28-16-23-24-25-28)15-17-9-4-2-5-10-17/h2-7,9-12,16,19-20H,8,13-15H2,1H3. The van der Waals surface area contributed by atoms with Crippen molar-refractivity contribution in [1.82, 2.24) is 25.1 Å². The normalized spacial score (nSPS) is 17.6. The molecule has 2 atom stereocenters. The Morgan fingerprint density at radius 2 is 1.83 bits per heavy atom. The number of likely N-dealkylation sites (N-methyl/N-ethyl adjacent to an activating group) is 1. The van der Waals surface area contributed by atoms with Crippen molar-refractivity contribution in [3.63, 3.8) is 0 Å². The van der Waals surface area contributed by atoms with E-state index in [0.717, 1.165) is 17.7 Å². The number of tetrazole rings is 1. The van der Waals surface area contributed by atoms with E-state index in [0.29, 0.717) is 19.4 Å². The molecule has 1 aromatic heterocycles. The lowest BCUT2D eigenvalue weighted by molar-refractivity contribution is -0.141. The molecule has 0 spiro atoms. The summed E-state index contributed by atoms with van der Waals surface area (Å²) in [6.45, 7) is 0.655. The van der Waals surface area contributed by atoms with Gasteiger partial charge >= 0.3 is 0 Å². The minimum Gasteiger partial charge on any atom is -0.332 e. The summed E-state index contributed by atoms with van der Waals surface area (Å²) in [5.74, 6) is -0.238. The van der Waals surface area contributed by atoms with Crippen molar-refractivity contribution in [3.8, 4) is 0 Å². The number of carbonyl (C=O) groups is 2. The predicted octanol–water partition coefficient (Wildman–Crippen LogP) is 2.11. The van der Waals surface area contributed by atoms with Gasteiger partial charge in [-0.3, -0.25) is 9.59 Å². The maximum absolute atomic E-state index is 13.5. The zero-order valence-electron chi connectivity index (χ0n) is 16.8. The Bertz CT molecular complexity index is 977. The summed E-state index contributed by atoms with van der Waals surface area (Å²) in [5.41, 5.74) is 1.86. The third-order valence-corrected chi connectivity index (χ3v) is 5.53. The van der Waals surface area contributed by atoms with Gasteiger partial charge in [0.1, 0.15) is 18.4 Å². The fourth-order valence-corrected chi connectivity index (χ4v) is 3.91. The van der Waals surface area contributed by atoms with Crippen molar-refractivity contribution < 1.29 is 9.59 Å². The van der Waals surface area contributed by atoms with Crippen molar-refractivity contribution in [2.75, 3.05) is 18.5 Å². The summed E-state index contributed by atoms with van der Waals surface area (Å²) >= 11 is 0. The van der Waals surface area contributed by atoms with Gasteiger partial charge in [0.25, 0.3) is 0 Å². The van der Waals surface area contributed by atoms with Gasteiger partial charge in [-0.2, -0.15) is 0 Å². The quantitative estimate of drug-likeness (QED) is 0.628. The molecule has 154 valence electrons. The number of hydrogen-bond acceptors (Lipinski definition) is 5. The zero-order valence-corrected chi connectivity index (χ0v) is 16.8. The van der Waals surface area contributed by atoms with Crippen LogP contribution in [0, 0.1) is 0 Å². The average molecular weight is 404 g/mol. The molecule has 8 heteroatoms. The van der Waals surface area contributed by atoms with Gasteiger partial charge in [-0.1, -0.05) is 48.5 Å². The molecule has 3 aromatic rings. The summed E-state index contributed by atoms with van der Waals surface area (Å²) in [6, 6.07) is 18.2. The molecule has 1 saturated heterocycles. The molecule has 1 aliphatic heterocycles. The molecule has 0 radical (unpaired) electrons. The minimum atomic E-state index is -0.618. The number of benzene rings is 2. The Balaban J connectivity index is 1.56. The maximum atomic E-state index is 13.5. The lowest BCUT2D eigenvalue weighted by Crippen LogP contribution is -2.54. The van der Waals surface area contributed by atoms with Crippen LogP contribution in [-0.4, -0.2) is 56.6 Å². The highest BCUT2D eigenvalue weighted by atomic mass is 16.2. The third kappa shape index (κ3) is 4.07. The Kier molecular flexibility index (Phi) is 5.83. The molecule has 2 unspecified atom stereocenters. The number of rotatable bonds is 6. The first-order chi connectivity index (χ1) is 14.6. The van der Waals surface area contributed by atoms with Crippen LogP contribution < -0.4 is 4.90 Å². The fourth-order valence-electron chi connectivity index (χ4n) is 3.91. The van der Waals surface area contributed by atoms with E-state index in [1.54, 1.807) is 16.8 Å². The maximum Gasteiger partial charge on any atom is 0.249 e. The van der Waals surface area contributed by atoms with Gasteiger partial charge in [-0.05, 0) is 41.0 Å². The molecule has 4 rings (SSSR count). The molecular formula is C22H24N6O2. The molecule has 0 bridgehead atoms. The number of aromatic nitrogens is 4. The Morgan fingerprint density at radius 1 is 1.13 bits per heavy atom. The zero-order chi connectivity index (χ0) is 20.9. The molecular weight excluding hydrogens is 380 g/mol. The van der Waals surface area contributed by atoms with E-state index < -0.39 is 12.1 Å². The van der Waals surface area contributed by atoms with Crippen LogP contribution in [-0.2, 0) is 16.0 Å². The molecule has 30 heavy (non-hydrogen) atoms. The number of amides is 2. The highest BCUT2D eigenvalue weighted by Gasteiger charge is 2.37. The van der Waals surface area contributed by atoms with Gasteiger partial charge < -0.3 is 9.80 Å². The molecule has 1 fully saturated rings. The van der Waals surface area contributed by atoms with Crippen LogP contribution in [0.25, 0.3) is 0 Å². The molecule has 0 saturated carbocycles. The SMILES string of the molecule is CN(C(=O)C(Cc1ccccc1)n1cnnn1)C1CCCN(c2ccccc2)C1=O. The lowest BCUT2D eigenvalue weighted by Gasteiger charge is -2.38. The second-order valence-electron chi connectivity index (χ2n) is 7.43. The molecule has 2 heterocycles. The number of nitrogens with zero attached hydrogens (tertiary/aromatic N) is 6. The lowest BCUT2D eigenvalue weighted by atomic mass is 10.00. The van der Waals surface area contributed by atoms with Crippen LogP contribution in [0.2, 0.25) is 0 Å². The summed E-state index contributed by atoms with van der Waals surface area (Å²) in [6.07, 6.45) is 3.35. The van der Waals surface area contributed by atoms with Crippen LogP contribution in [0.3, 0.4) is 0 Å². The number of piperidine rings is 1. The highest BCUT2D eigenvalue weighted by molar-refractivity contribution is 6.00. The second-order valence-corrected chi connectivity index (χ2v) is 7.43. The van der Waals surface area contributed by atoms with Gasteiger partial charge in [0.05, 0.1) is 0 Å². The number of carbonyl (C=O) groups excluding carboxylic acids is 2. The first-order valence-electron chi connectivity index (χ1n) is 10.0. The van der Waals surface area contributed by atoms with Crippen molar-refractivity contribution in [1.29, 1.82) is 0 Å². The van der Waals surface area contributed by atoms with Crippen molar-refractivity contribution in [2.45, 2.75) is 31.3 Å². The van der Waals surface area contributed by atoms with E-state index in [1.807, 2.05) is 60.7 Å². The molecule has 8 nitrogen and oxygen atoms in total. The second kappa shape index (κ2) is 8.86. The highest BCUT2D eigenvalue weighted by Crippen LogP contribution is 2.25. The third-order valence-electron chi connectivity index (χ3n) is 5.53. The predicted molar refractivity (Wildman–Crippen MR) is 112 cm³/mol. The van der Waals surface area contributed by atoms with Crippen molar-refractivity contribution in [2.24, 2.45) is 0 Å². The van der Waals surface area contributed by atoms with E-state index in [2.05, 4.69) is 15.5 Å². The Hall–Kier alpha value is -3.55. The van der Waals surface area contributed by atoms with Crippen LogP contribution in [0.4, 0.5) is 5.69 Å². The average Bonchev–Trinajstić information content (AvgIpc) is 3.33. The molecule has 0 N–H and O–H groups in total. The van der Waals surface area contributed by atoms with Crippen molar-refractivity contribution >= 4 is 17.5 Å². The Labute approximate surface area is 175 Å². The van der Waals surface area contributed by atoms with E-state index in [1.165, 1.54) is 11.0 Å². The van der Waals surface area contributed by atoms with Crippen LogP contribution in [0.1, 0.15) is 24.4 Å². The van der Waals surface area contributed by atoms with E-state index in [9.17, 15) is 9.59 Å². The smallest absolute Gasteiger partial charge is 0.249 e. The first kappa shape index (κ1) is 19.8. The summed E-state index contributed by atoms with van der Waals surface area (Å²) in [7, 11) is 1.70. The Morgan fingerprint density at radius 3 is 2.50 bits per heavy atom. The number of hydrogen-bond donors (Lipinski definition) is 0. The van der Waals surface area contributed by atoms with Crippen LogP contribution in [0.15, 0.2) is 67.0 Å². The van der Waals surface area contributed by atoms with Crippen molar-refractivity contribution in [3.05, 3.63) is 72.6 Å². The molecule has 2 amide bonds. The van der Waals surface area contributed by atoms with Gasteiger partial charge in [0.15, 0.2) is 0 Å². The summed E-state index contributed by atoms with van der Waals surface area (Å²) < 4.78 is 1.47. The van der Waals surface area contributed by atoms with Gasteiger partial charge in [0.2, 0.25) is 11.8 Å². The molecule has 1 aliphatic rings. The van der Waals surface area contributed by atoms with Gasteiger partial charge in [-0.15, -0.1) is 5.10 Å². The van der Waals surface area contributed by atoms with E-state index in [-0.39, 0.29) is 11.8 Å². The van der Waals surface area contributed by atoms with Crippen LogP contribution >= 0.6 is 0 Å². The van der Waals surface area contributed by atoms with Gasteiger partial charge in [0, 0.05) is 25.7 Å². The number of anilines is 1. The summed E-state index contributed by atoms with van der Waals surface area (Å²) in [4.78, 5) is 30.0. The minimum absolute atomic E-state index is 0.0570. The summed E-state index contributed by atoms with van der Waals surface area (Å²) in [5, 5.41) is 11.3. The largest absolute Gasteiger partial charge is 0.332 e. The first-order valence-corrected chi connectivity index (χ1v) is 10.0. The molecule has 0 aliphatic carbocycles. The molecule has 2 aromatic carbocycles. The number of para-hydroxylation sites is 1. The van der Waals surface area contributed by atoms with E-state index >= 15 is 0 Å². The van der Waals surface area contributed by atoms with E-state index in [4.69, 9.17) is 0 Å². The van der Waals surface area contributed by atoms with Gasteiger partial charge in [-0.25, -0.2) is 4.68 Å². The topological polar surface area (TPSA) is 84.2 Å².